The predicted molar refractivity (Wildman–Crippen MR) is 113 cm³/mol. The van der Waals surface area contributed by atoms with Crippen LogP contribution in [-0.2, 0) is 47.7 Å². The second-order valence-corrected chi connectivity index (χ2v) is 7.68. The van der Waals surface area contributed by atoms with E-state index in [9.17, 15) is 24.0 Å². The SMILES string of the molecule is CC(=O)OC[C@@H](OC(C)=O)[C@@H](OC(C)=O)[C@@H](OC(C)=O)[C@H](OC(C)=O)c1nc(C)n(C(C)C)n1. The number of hydrogen-bond acceptors (Lipinski definition) is 12. The Hall–Kier alpha value is -3.51. The highest BCUT2D eigenvalue weighted by atomic mass is 16.6. The van der Waals surface area contributed by atoms with E-state index in [1.54, 1.807) is 11.6 Å². The Kier molecular flexibility index (Phi) is 10.6. The normalized spacial score (nSPS) is 14.4. The van der Waals surface area contributed by atoms with Gasteiger partial charge in [0.15, 0.2) is 24.1 Å². The van der Waals surface area contributed by atoms with E-state index in [1.807, 2.05) is 13.8 Å². The zero-order valence-electron chi connectivity index (χ0n) is 20.5. The minimum Gasteiger partial charge on any atom is -0.462 e. The van der Waals surface area contributed by atoms with Gasteiger partial charge < -0.3 is 23.7 Å². The summed E-state index contributed by atoms with van der Waals surface area (Å²) in [5.41, 5.74) is 0. The molecule has 0 aromatic carbocycles. The first-order chi connectivity index (χ1) is 15.7. The number of ether oxygens (including phenoxy) is 5. The summed E-state index contributed by atoms with van der Waals surface area (Å²) in [5.74, 6) is -3.49. The van der Waals surface area contributed by atoms with Gasteiger partial charge in [-0.15, -0.1) is 0 Å². The third-order valence-corrected chi connectivity index (χ3v) is 4.22. The first kappa shape index (κ1) is 28.5. The van der Waals surface area contributed by atoms with Crippen molar-refractivity contribution < 1.29 is 47.7 Å². The summed E-state index contributed by atoms with van der Waals surface area (Å²) in [7, 11) is 0. The highest BCUT2D eigenvalue weighted by Crippen LogP contribution is 2.29. The van der Waals surface area contributed by atoms with Crippen LogP contribution in [-0.4, -0.2) is 69.5 Å². The fourth-order valence-electron chi connectivity index (χ4n) is 3.12. The lowest BCUT2D eigenvalue weighted by atomic mass is 10.0. The Bertz CT molecular complexity index is 911. The molecule has 0 fully saturated rings. The van der Waals surface area contributed by atoms with Gasteiger partial charge in [-0.2, -0.15) is 5.10 Å². The van der Waals surface area contributed by atoms with E-state index in [2.05, 4.69) is 10.1 Å². The van der Waals surface area contributed by atoms with Gasteiger partial charge in [0.25, 0.3) is 0 Å². The molecule has 190 valence electrons. The lowest BCUT2D eigenvalue weighted by Gasteiger charge is -2.34. The smallest absolute Gasteiger partial charge is 0.303 e. The van der Waals surface area contributed by atoms with Crippen LogP contribution in [0, 0.1) is 6.92 Å². The van der Waals surface area contributed by atoms with Gasteiger partial charge in [-0.25, -0.2) is 9.67 Å². The number of aryl methyl sites for hydroxylation is 1. The molecule has 0 N–H and O–H groups in total. The second kappa shape index (κ2) is 12.7. The maximum Gasteiger partial charge on any atom is 0.303 e. The molecule has 13 nitrogen and oxygen atoms in total. The molecular weight excluding hydrogens is 454 g/mol. The van der Waals surface area contributed by atoms with Crippen molar-refractivity contribution in [1.29, 1.82) is 0 Å². The fraction of sp³-hybridized carbons (Fsp3) is 0.667. The number of esters is 5. The average Bonchev–Trinajstić information content (AvgIpc) is 3.07. The quantitative estimate of drug-likeness (QED) is 0.325. The molecule has 1 rings (SSSR count). The highest BCUT2D eigenvalue weighted by molar-refractivity contribution is 5.69. The number of carbonyl (C=O) groups excluding carboxylic acids is 5. The summed E-state index contributed by atoms with van der Waals surface area (Å²) in [6, 6.07) is -0.103. The Morgan fingerprint density at radius 3 is 1.68 bits per heavy atom. The lowest BCUT2D eigenvalue weighted by Crippen LogP contribution is -2.50. The van der Waals surface area contributed by atoms with Crippen molar-refractivity contribution in [3.05, 3.63) is 11.6 Å². The van der Waals surface area contributed by atoms with Crippen molar-refractivity contribution in [2.45, 2.75) is 85.8 Å². The molecule has 0 unspecified atom stereocenters. The topological polar surface area (TPSA) is 162 Å². The number of carbonyl (C=O) groups is 5. The minimum atomic E-state index is -1.56. The summed E-state index contributed by atoms with van der Waals surface area (Å²) in [6.07, 6.45) is -5.99. The first-order valence-corrected chi connectivity index (χ1v) is 10.5. The second-order valence-electron chi connectivity index (χ2n) is 7.68. The lowest BCUT2D eigenvalue weighted by molar-refractivity contribution is -0.204. The Morgan fingerprint density at radius 1 is 0.765 bits per heavy atom. The van der Waals surface area contributed by atoms with Crippen LogP contribution in [0.15, 0.2) is 0 Å². The fourth-order valence-corrected chi connectivity index (χ4v) is 3.12. The molecular formula is C21H31N3O10. The molecule has 0 aliphatic rings. The molecule has 1 heterocycles. The summed E-state index contributed by atoms with van der Waals surface area (Å²) in [6.45, 7) is 10.3. The molecule has 0 aliphatic heterocycles. The van der Waals surface area contributed by atoms with Gasteiger partial charge in [-0.1, -0.05) is 0 Å². The largest absolute Gasteiger partial charge is 0.462 e. The Balaban J connectivity index is 3.67. The Labute approximate surface area is 197 Å². The predicted octanol–water partition coefficient (Wildman–Crippen LogP) is 1.13. The zero-order chi connectivity index (χ0) is 26.2. The molecule has 0 bridgehead atoms. The maximum atomic E-state index is 12.0. The molecule has 0 spiro atoms. The number of rotatable bonds is 11. The van der Waals surface area contributed by atoms with Crippen molar-refractivity contribution in [2.75, 3.05) is 6.61 Å². The van der Waals surface area contributed by atoms with Gasteiger partial charge in [0, 0.05) is 40.7 Å². The van der Waals surface area contributed by atoms with Gasteiger partial charge in [0.2, 0.25) is 6.10 Å². The first-order valence-electron chi connectivity index (χ1n) is 10.5. The van der Waals surface area contributed by atoms with Crippen molar-refractivity contribution in [3.8, 4) is 0 Å². The van der Waals surface area contributed by atoms with Crippen LogP contribution in [0.4, 0.5) is 0 Å². The van der Waals surface area contributed by atoms with E-state index in [0.717, 1.165) is 34.6 Å². The van der Waals surface area contributed by atoms with Gasteiger partial charge in [-0.05, 0) is 20.8 Å². The summed E-state index contributed by atoms with van der Waals surface area (Å²) in [4.78, 5) is 63.4. The molecule has 13 heteroatoms. The van der Waals surface area contributed by atoms with E-state index in [-0.39, 0.29) is 11.9 Å². The molecule has 0 saturated carbocycles. The van der Waals surface area contributed by atoms with Gasteiger partial charge in [0.1, 0.15) is 12.4 Å². The number of hydrogen-bond donors (Lipinski definition) is 0. The van der Waals surface area contributed by atoms with Crippen LogP contribution in [0.3, 0.4) is 0 Å². The van der Waals surface area contributed by atoms with E-state index >= 15 is 0 Å². The van der Waals surface area contributed by atoms with Crippen LogP contribution < -0.4 is 0 Å². The monoisotopic (exact) mass is 485 g/mol. The van der Waals surface area contributed by atoms with Gasteiger partial charge in [-0.3, -0.25) is 24.0 Å². The Morgan fingerprint density at radius 2 is 1.26 bits per heavy atom. The highest BCUT2D eigenvalue weighted by Gasteiger charge is 2.46. The summed E-state index contributed by atoms with van der Waals surface area (Å²) >= 11 is 0. The van der Waals surface area contributed by atoms with Gasteiger partial charge in [0.05, 0.1) is 0 Å². The molecule has 0 amide bonds. The molecule has 0 radical (unpaired) electrons. The van der Waals surface area contributed by atoms with Crippen LogP contribution in [0.2, 0.25) is 0 Å². The molecule has 0 aliphatic carbocycles. The van der Waals surface area contributed by atoms with Gasteiger partial charge >= 0.3 is 29.8 Å². The van der Waals surface area contributed by atoms with E-state index in [0.29, 0.717) is 5.82 Å². The van der Waals surface area contributed by atoms with Crippen molar-refractivity contribution in [2.24, 2.45) is 0 Å². The van der Waals surface area contributed by atoms with E-state index < -0.39 is 60.9 Å². The summed E-state index contributed by atoms with van der Waals surface area (Å²) < 4.78 is 27.9. The summed E-state index contributed by atoms with van der Waals surface area (Å²) in [5, 5.41) is 4.35. The van der Waals surface area contributed by atoms with Crippen LogP contribution in [0.25, 0.3) is 0 Å². The third-order valence-electron chi connectivity index (χ3n) is 4.22. The zero-order valence-corrected chi connectivity index (χ0v) is 20.5. The van der Waals surface area contributed by atoms with Crippen molar-refractivity contribution >= 4 is 29.8 Å². The molecule has 1 aromatic heterocycles. The standard InChI is InChI=1S/C21H31N3O10/c1-10(2)24-11(3)22-21(23-24)20(34-16(8)29)19(33-15(7)28)18(32-14(6)27)17(31-13(5)26)9-30-12(4)25/h10,17-20H,9H2,1-8H3/t17-,18-,19-,20+/m1/s1. The molecule has 34 heavy (non-hydrogen) atoms. The van der Waals surface area contributed by atoms with E-state index in [1.165, 1.54) is 0 Å². The average molecular weight is 485 g/mol. The number of aromatic nitrogens is 3. The van der Waals surface area contributed by atoms with Crippen LogP contribution >= 0.6 is 0 Å². The van der Waals surface area contributed by atoms with Crippen molar-refractivity contribution in [3.63, 3.8) is 0 Å². The molecule has 4 atom stereocenters. The van der Waals surface area contributed by atoms with Crippen LogP contribution in [0.5, 0.6) is 0 Å². The molecule has 1 aromatic rings. The molecule has 0 saturated heterocycles. The van der Waals surface area contributed by atoms with Crippen LogP contribution in [0.1, 0.15) is 72.3 Å². The third kappa shape index (κ3) is 8.79. The minimum absolute atomic E-state index is 0.0427. The maximum absolute atomic E-state index is 12.0. The van der Waals surface area contributed by atoms with E-state index in [4.69, 9.17) is 23.7 Å². The van der Waals surface area contributed by atoms with Crippen molar-refractivity contribution in [1.82, 2.24) is 14.8 Å². The number of nitrogens with zero attached hydrogens (tertiary/aromatic N) is 3.